The van der Waals surface area contributed by atoms with E-state index in [1.54, 1.807) is 17.2 Å². The highest BCUT2D eigenvalue weighted by molar-refractivity contribution is 5.49. The Kier molecular flexibility index (Phi) is 3.69. The molecule has 4 nitrogen and oxygen atoms in total. The van der Waals surface area contributed by atoms with Gasteiger partial charge in [0.05, 0.1) is 18.1 Å². The molecule has 0 atom stereocenters. The molecule has 0 saturated heterocycles. The van der Waals surface area contributed by atoms with Gasteiger partial charge in [-0.25, -0.2) is 0 Å². The third-order valence-corrected chi connectivity index (χ3v) is 3.50. The summed E-state index contributed by atoms with van der Waals surface area (Å²) in [6.45, 7) is 5.09. The maximum absolute atomic E-state index is 4.12. The van der Waals surface area contributed by atoms with E-state index in [0.717, 1.165) is 17.9 Å². The van der Waals surface area contributed by atoms with Gasteiger partial charge in [-0.2, -0.15) is 15.0 Å². The molecule has 0 aliphatic heterocycles. The van der Waals surface area contributed by atoms with E-state index in [9.17, 15) is 0 Å². The quantitative estimate of drug-likeness (QED) is 0.794. The molecule has 0 saturated carbocycles. The van der Waals surface area contributed by atoms with E-state index in [1.165, 1.54) is 16.7 Å². The zero-order valence-electron chi connectivity index (χ0n) is 12.2. The third-order valence-electron chi connectivity index (χ3n) is 3.50. The van der Waals surface area contributed by atoms with Gasteiger partial charge in [-0.1, -0.05) is 23.8 Å². The molecule has 0 aliphatic carbocycles. The predicted octanol–water partition coefficient (Wildman–Crippen LogP) is 3.50. The van der Waals surface area contributed by atoms with Crippen molar-refractivity contribution in [3.05, 3.63) is 71.5 Å². The molecule has 0 bridgehead atoms. The fourth-order valence-electron chi connectivity index (χ4n) is 2.25. The Morgan fingerprint density at radius 2 is 1.67 bits per heavy atom. The van der Waals surface area contributed by atoms with Crippen molar-refractivity contribution >= 4 is 5.69 Å². The van der Waals surface area contributed by atoms with Crippen molar-refractivity contribution in [2.24, 2.45) is 0 Å². The van der Waals surface area contributed by atoms with E-state index in [4.69, 9.17) is 0 Å². The Hall–Kier alpha value is -2.62. The Balaban J connectivity index is 1.70. The van der Waals surface area contributed by atoms with Gasteiger partial charge in [-0.15, -0.1) is 0 Å². The molecular weight excluding hydrogens is 260 g/mol. The second kappa shape index (κ2) is 5.79. The number of rotatable bonds is 4. The molecule has 2 aromatic carbocycles. The van der Waals surface area contributed by atoms with Crippen LogP contribution in [-0.2, 0) is 6.54 Å². The molecule has 4 heteroatoms. The van der Waals surface area contributed by atoms with Gasteiger partial charge < -0.3 is 5.32 Å². The van der Waals surface area contributed by atoms with Crippen LogP contribution in [0, 0.1) is 13.8 Å². The molecule has 0 amide bonds. The lowest BCUT2D eigenvalue weighted by Gasteiger charge is -2.10. The summed E-state index contributed by atoms with van der Waals surface area (Å²) in [7, 11) is 0. The number of nitrogens with one attached hydrogen (secondary N) is 1. The molecule has 21 heavy (non-hydrogen) atoms. The summed E-state index contributed by atoms with van der Waals surface area (Å²) in [5.41, 5.74) is 5.97. The summed E-state index contributed by atoms with van der Waals surface area (Å²) in [6.07, 6.45) is 3.35. The van der Waals surface area contributed by atoms with E-state index in [-0.39, 0.29) is 0 Å². The zero-order valence-corrected chi connectivity index (χ0v) is 12.2. The Morgan fingerprint density at radius 1 is 0.952 bits per heavy atom. The molecule has 0 fully saturated rings. The van der Waals surface area contributed by atoms with Crippen LogP contribution >= 0.6 is 0 Å². The molecule has 3 aromatic rings. The van der Waals surface area contributed by atoms with Crippen LogP contribution in [0.4, 0.5) is 5.69 Å². The topological polar surface area (TPSA) is 42.7 Å². The average Bonchev–Trinajstić information content (AvgIpc) is 3.03. The molecule has 0 radical (unpaired) electrons. The van der Waals surface area contributed by atoms with Crippen molar-refractivity contribution in [1.29, 1.82) is 0 Å². The lowest BCUT2D eigenvalue weighted by atomic mass is 10.1. The molecule has 1 aromatic heterocycles. The van der Waals surface area contributed by atoms with Crippen molar-refractivity contribution in [2.45, 2.75) is 20.4 Å². The number of hydrogen-bond acceptors (Lipinski definition) is 3. The lowest BCUT2D eigenvalue weighted by molar-refractivity contribution is 0.752. The molecule has 3 rings (SSSR count). The first-order valence-corrected chi connectivity index (χ1v) is 6.99. The fraction of sp³-hybridized carbons (Fsp3) is 0.176. The average molecular weight is 278 g/mol. The number of anilines is 1. The van der Waals surface area contributed by atoms with Crippen molar-refractivity contribution in [3.8, 4) is 5.69 Å². The normalized spacial score (nSPS) is 10.6. The van der Waals surface area contributed by atoms with Crippen molar-refractivity contribution in [2.75, 3.05) is 5.32 Å². The fourth-order valence-corrected chi connectivity index (χ4v) is 2.25. The van der Waals surface area contributed by atoms with Crippen LogP contribution in [0.2, 0.25) is 0 Å². The van der Waals surface area contributed by atoms with Crippen molar-refractivity contribution in [1.82, 2.24) is 15.0 Å². The van der Waals surface area contributed by atoms with Crippen LogP contribution in [0.3, 0.4) is 0 Å². The van der Waals surface area contributed by atoms with E-state index in [1.807, 2.05) is 24.3 Å². The van der Waals surface area contributed by atoms with Crippen LogP contribution in [0.5, 0.6) is 0 Å². The smallest absolute Gasteiger partial charge is 0.0858 e. The minimum atomic E-state index is 0.826. The van der Waals surface area contributed by atoms with Gasteiger partial charge in [0.15, 0.2) is 0 Å². The third kappa shape index (κ3) is 3.11. The number of nitrogens with zero attached hydrogens (tertiary/aromatic N) is 3. The van der Waals surface area contributed by atoms with Crippen LogP contribution in [0.15, 0.2) is 54.9 Å². The summed E-state index contributed by atoms with van der Waals surface area (Å²) in [6, 6.07) is 14.6. The second-order valence-corrected chi connectivity index (χ2v) is 5.15. The van der Waals surface area contributed by atoms with E-state index >= 15 is 0 Å². The molecule has 1 heterocycles. The highest BCUT2D eigenvalue weighted by Crippen LogP contribution is 2.15. The predicted molar refractivity (Wildman–Crippen MR) is 84.6 cm³/mol. The molecule has 0 aliphatic rings. The summed E-state index contributed by atoms with van der Waals surface area (Å²) in [5, 5.41) is 11.7. The van der Waals surface area contributed by atoms with Gasteiger partial charge in [0.1, 0.15) is 0 Å². The van der Waals surface area contributed by atoms with Crippen LogP contribution in [-0.4, -0.2) is 15.0 Å². The van der Waals surface area contributed by atoms with Gasteiger partial charge >= 0.3 is 0 Å². The summed E-state index contributed by atoms with van der Waals surface area (Å²) >= 11 is 0. The van der Waals surface area contributed by atoms with Crippen molar-refractivity contribution in [3.63, 3.8) is 0 Å². The zero-order chi connectivity index (χ0) is 14.7. The van der Waals surface area contributed by atoms with Gasteiger partial charge in [-0.3, -0.25) is 0 Å². The molecule has 0 spiro atoms. The Morgan fingerprint density at radius 3 is 2.38 bits per heavy atom. The van der Waals surface area contributed by atoms with Gasteiger partial charge in [0, 0.05) is 12.2 Å². The highest BCUT2D eigenvalue weighted by atomic mass is 15.5. The van der Waals surface area contributed by atoms with Gasteiger partial charge in [0.2, 0.25) is 0 Å². The Bertz CT molecular complexity index is 715. The standard InChI is InChI=1S/C17H18N4/c1-13-3-4-14(2)15(11-13)12-18-16-5-7-17(8-6-16)21-19-9-10-20-21/h3-11,18H,12H2,1-2H3. The minimum absolute atomic E-state index is 0.826. The first-order valence-electron chi connectivity index (χ1n) is 6.99. The van der Waals surface area contributed by atoms with Crippen LogP contribution in [0.1, 0.15) is 16.7 Å². The van der Waals surface area contributed by atoms with Crippen molar-refractivity contribution < 1.29 is 0 Å². The first-order chi connectivity index (χ1) is 10.2. The number of aryl methyl sites for hydroxylation is 2. The number of aromatic nitrogens is 3. The minimum Gasteiger partial charge on any atom is -0.381 e. The van der Waals surface area contributed by atoms with E-state index in [2.05, 4.69) is 47.6 Å². The molecular formula is C17H18N4. The Labute approximate surface area is 124 Å². The van der Waals surface area contributed by atoms with E-state index < -0.39 is 0 Å². The van der Waals surface area contributed by atoms with Gasteiger partial charge in [0.25, 0.3) is 0 Å². The SMILES string of the molecule is Cc1ccc(C)c(CNc2ccc(-n3nccn3)cc2)c1. The number of hydrogen-bond donors (Lipinski definition) is 1. The lowest BCUT2D eigenvalue weighted by Crippen LogP contribution is -2.02. The highest BCUT2D eigenvalue weighted by Gasteiger charge is 2.01. The first kappa shape index (κ1) is 13.4. The van der Waals surface area contributed by atoms with Gasteiger partial charge in [-0.05, 0) is 49.2 Å². The van der Waals surface area contributed by atoms with Crippen LogP contribution in [0.25, 0.3) is 5.69 Å². The molecule has 106 valence electrons. The summed E-state index contributed by atoms with van der Waals surface area (Å²) in [4.78, 5) is 1.61. The maximum Gasteiger partial charge on any atom is 0.0858 e. The maximum atomic E-state index is 4.12. The summed E-state index contributed by atoms with van der Waals surface area (Å²) < 4.78 is 0. The summed E-state index contributed by atoms with van der Waals surface area (Å²) in [5.74, 6) is 0. The monoisotopic (exact) mass is 278 g/mol. The number of benzene rings is 2. The second-order valence-electron chi connectivity index (χ2n) is 5.15. The largest absolute Gasteiger partial charge is 0.381 e. The molecule has 1 N–H and O–H groups in total. The molecule has 0 unspecified atom stereocenters. The van der Waals surface area contributed by atoms with Crippen LogP contribution < -0.4 is 5.32 Å². The van der Waals surface area contributed by atoms with E-state index in [0.29, 0.717) is 0 Å².